The predicted molar refractivity (Wildman–Crippen MR) is 74.5 cm³/mol. The van der Waals surface area contributed by atoms with Crippen LogP contribution in [0.25, 0.3) is 0 Å². The highest BCUT2D eigenvalue weighted by Gasteiger charge is 2.44. The minimum atomic E-state index is -1.61. The summed E-state index contributed by atoms with van der Waals surface area (Å²) < 4.78 is 0. The van der Waals surface area contributed by atoms with E-state index >= 15 is 0 Å². The van der Waals surface area contributed by atoms with Crippen LogP contribution in [0.2, 0.25) is 0 Å². The number of anilines is 1. The summed E-state index contributed by atoms with van der Waals surface area (Å²) in [7, 11) is 0. The summed E-state index contributed by atoms with van der Waals surface area (Å²) in [5.74, 6) is -0.681. The number of benzene rings is 2. The lowest BCUT2D eigenvalue weighted by atomic mass is 9.84. The topological polar surface area (TPSA) is 60.8 Å². The van der Waals surface area contributed by atoms with E-state index in [1.54, 1.807) is 18.2 Å². The van der Waals surface area contributed by atoms with E-state index in [0.29, 0.717) is 10.8 Å². The van der Waals surface area contributed by atoms with Gasteiger partial charge in [0.15, 0.2) is 5.60 Å². The van der Waals surface area contributed by atoms with Gasteiger partial charge in [-0.05, 0) is 17.2 Å². The van der Waals surface area contributed by atoms with Gasteiger partial charge in [0.2, 0.25) is 0 Å². The first-order chi connectivity index (χ1) is 9.60. The second-order valence-corrected chi connectivity index (χ2v) is 5.12. The molecule has 0 fully saturated rings. The molecule has 3 rings (SSSR count). The molecule has 1 heterocycles. The van der Waals surface area contributed by atoms with E-state index in [1.165, 1.54) is 0 Å². The third-order valence-corrected chi connectivity index (χ3v) is 3.63. The van der Waals surface area contributed by atoms with Crippen molar-refractivity contribution in [3.05, 3.63) is 65.7 Å². The number of hydroxylamine groups is 1. The number of hydrogen-bond donors (Lipinski definition) is 2. The number of carbonyl (C=O) groups is 1. The monoisotopic (exact) mass is 269 g/mol. The van der Waals surface area contributed by atoms with Crippen LogP contribution >= 0.6 is 0 Å². The largest absolute Gasteiger partial charge is 0.379 e. The lowest BCUT2D eigenvalue weighted by Gasteiger charge is -2.36. The van der Waals surface area contributed by atoms with Crippen LogP contribution in [0.3, 0.4) is 0 Å². The molecular formula is C16H15NO3. The van der Waals surface area contributed by atoms with Gasteiger partial charge in [-0.3, -0.25) is 10.0 Å². The quantitative estimate of drug-likeness (QED) is 0.819. The number of aliphatic hydroxyl groups is 1. The third-order valence-electron chi connectivity index (χ3n) is 3.63. The summed E-state index contributed by atoms with van der Waals surface area (Å²) in [5, 5.41) is 21.2. The van der Waals surface area contributed by atoms with Crippen LogP contribution in [0.1, 0.15) is 11.1 Å². The van der Waals surface area contributed by atoms with Crippen molar-refractivity contribution in [2.45, 2.75) is 18.4 Å². The van der Waals surface area contributed by atoms with Gasteiger partial charge < -0.3 is 5.11 Å². The molecule has 20 heavy (non-hydrogen) atoms. The Hall–Kier alpha value is -2.17. The predicted octanol–water partition coefficient (Wildman–Crippen LogP) is 1.94. The summed E-state index contributed by atoms with van der Waals surface area (Å²) in [4.78, 5) is 12.2. The molecule has 1 aliphatic rings. The Morgan fingerprint density at radius 1 is 1.05 bits per heavy atom. The number of amides is 1. The van der Waals surface area contributed by atoms with E-state index < -0.39 is 11.5 Å². The fourth-order valence-corrected chi connectivity index (χ4v) is 2.64. The Labute approximate surface area is 116 Å². The molecule has 0 spiro atoms. The van der Waals surface area contributed by atoms with Gasteiger partial charge in [-0.25, -0.2) is 0 Å². The first kappa shape index (κ1) is 12.8. The molecule has 1 atom stereocenters. The highest BCUT2D eigenvalue weighted by Crippen LogP contribution is 2.33. The van der Waals surface area contributed by atoms with Crippen molar-refractivity contribution in [1.82, 2.24) is 0 Å². The lowest BCUT2D eigenvalue weighted by Crippen LogP contribution is -2.54. The standard InChI is InChI=1S/C16H15NO3/c18-15-16(19,10-12-6-2-1-3-7-12)11-13-8-4-5-9-14(13)17(15)20/h1-9,19-20H,10-11H2/t16-/m0/s1. The van der Waals surface area contributed by atoms with Gasteiger partial charge in [-0.15, -0.1) is 0 Å². The van der Waals surface area contributed by atoms with Crippen molar-refractivity contribution in [3.8, 4) is 0 Å². The van der Waals surface area contributed by atoms with Crippen molar-refractivity contribution in [2.24, 2.45) is 0 Å². The van der Waals surface area contributed by atoms with E-state index in [-0.39, 0.29) is 12.8 Å². The molecule has 4 heteroatoms. The molecule has 2 aromatic carbocycles. The van der Waals surface area contributed by atoms with Crippen LogP contribution in [0, 0.1) is 0 Å². The van der Waals surface area contributed by atoms with E-state index in [9.17, 15) is 15.1 Å². The SMILES string of the molecule is O=C1N(O)c2ccccc2C[C@@]1(O)Cc1ccccc1. The molecule has 0 bridgehead atoms. The Morgan fingerprint density at radius 2 is 1.70 bits per heavy atom. The first-order valence-electron chi connectivity index (χ1n) is 6.48. The number of carbonyl (C=O) groups excluding carboxylic acids is 1. The normalized spacial score (nSPS) is 21.7. The van der Waals surface area contributed by atoms with Crippen molar-refractivity contribution in [1.29, 1.82) is 0 Å². The molecular weight excluding hydrogens is 254 g/mol. The molecule has 4 nitrogen and oxygen atoms in total. The van der Waals surface area contributed by atoms with Gasteiger partial charge in [-0.1, -0.05) is 48.5 Å². The maximum atomic E-state index is 12.2. The molecule has 2 N–H and O–H groups in total. The highest BCUT2D eigenvalue weighted by molar-refractivity contribution is 6.00. The molecule has 0 radical (unpaired) electrons. The fourth-order valence-electron chi connectivity index (χ4n) is 2.64. The van der Waals surface area contributed by atoms with Gasteiger partial charge in [0.25, 0.3) is 5.91 Å². The Balaban J connectivity index is 1.97. The first-order valence-corrected chi connectivity index (χ1v) is 6.48. The molecule has 1 amide bonds. The molecule has 2 aromatic rings. The third kappa shape index (κ3) is 2.09. The Morgan fingerprint density at radius 3 is 2.45 bits per heavy atom. The average molecular weight is 269 g/mol. The van der Waals surface area contributed by atoms with Crippen LogP contribution < -0.4 is 5.06 Å². The van der Waals surface area contributed by atoms with Gasteiger partial charge in [0.1, 0.15) is 0 Å². The summed E-state index contributed by atoms with van der Waals surface area (Å²) >= 11 is 0. The van der Waals surface area contributed by atoms with Crippen LogP contribution in [-0.2, 0) is 17.6 Å². The summed E-state index contributed by atoms with van der Waals surface area (Å²) in [6, 6.07) is 16.3. The summed E-state index contributed by atoms with van der Waals surface area (Å²) in [5.41, 5.74) is 0.448. The van der Waals surface area contributed by atoms with E-state index in [2.05, 4.69) is 0 Å². The van der Waals surface area contributed by atoms with Crippen LogP contribution in [0.4, 0.5) is 5.69 Å². The van der Waals surface area contributed by atoms with Crippen LogP contribution in [-0.4, -0.2) is 21.8 Å². The van der Waals surface area contributed by atoms with Crippen molar-refractivity contribution >= 4 is 11.6 Å². The summed E-state index contributed by atoms with van der Waals surface area (Å²) in [6.07, 6.45) is 0.381. The number of rotatable bonds is 2. The average Bonchev–Trinajstić information content (AvgIpc) is 2.46. The minimum Gasteiger partial charge on any atom is -0.379 e. The van der Waals surface area contributed by atoms with Crippen LogP contribution in [0.15, 0.2) is 54.6 Å². The fraction of sp³-hybridized carbons (Fsp3) is 0.188. The zero-order valence-electron chi connectivity index (χ0n) is 10.9. The van der Waals surface area contributed by atoms with Crippen LogP contribution in [0.5, 0.6) is 0 Å². The molecule has 0 saturated heterocycles. The number of fused-ring (bicyclic) bond motifs is 1. The Kier molecular flexibility index (Phi) is 3.04. The lowest BCUT2D eigenvalue weighted by molar-refractivity contribution is -0.143. The molecule has 1 aliphatic heterocycles. The molecule has 102 valence electrons. The zero-order valence-corrected chi connectivity index (χ0v) is 10.9. The second kappa shape index (κ2) is 4.74. The molecule has 0 unspecified atom stereocenters. The van der Waals surface area contributed by atoms with Gasteiger partial charge in [-0.2, -0.15) is 5.06 Å². The van der Waals surface area contributed by atoms with Crippen molar-refractivity contribution < 1.29 is 15.1 Å². The maximum absolute atomic E-state index is 12.2. The zero-order chi connectivity index (χ0) is 14.2. The summed E-state index contributed by atoms with van der Waals surface area (Å²) in [6.45, 7) is 0. The highest BCUT2D eigenvalue weighted by atomic mass is 16.5. The minimum absolute atomic E-state index is 0.179. The van der Waals surface area contributed by atoms with E-state index in [1.807, 2.05) is 36.4 Å². The number of para-hydroxylation sites is 1. The van der Waals surface area contributed by atoms with Gasteiger partial charge >= 0.3 is 0 Å². The van der Waals surface area contributed by atoms with E-state index in [4.69, 9.17) is 0 Å². The number of nitrogens with zero attached hydrogens (tertiary/aromatic N) is 1. The molecule has 0 aliphatic carbocycles. The van der Waals surface area contributed by atoms with Crippen molar-refractivity contribution in [3.63, 3.8) is 0 Å². The molecule has 0 aromatic heterocycles. The smallest absolute Gasteiger partial charge is 0.283 e. The molecule has 0 saturated carbocycles. The van der Waals surface area contributed by atoms with E-state index in [0.717, 1.165) is 11.1 Å². The second-order valence-electron chi connectivity index (χ2n) is 5.12. The number of hydrogen-bond acceptors (Lipinski definition) is 3. The van der Waals surface area contributed by atoms with Gasteiger partial charge in [0.05, 0.1) is 5.69 Å². The van der Waals surface area contributed by atoms with Crippen molar-refractivity contribution in [2.75, 3.05) is 5.06 Å². The van der Waals surface area contributed by atoms with Gasteiger partial charge in [0, 0.05) is 12.8 Å². The maximum Gasteiger partial charge on any atom is 0.283 e. The Bertz CT molecular complexity index is 641.